The fourth-order valence-electron chi connectivity index (χ4n) is 15.0. The van der Waals surface area contributed by atoms with Crippen molar-refractivity contribution in [3.8, 4) is 0 Å². The molecule has 5 aromatic rings. The first kappa shape index (κ1) is 93.6. The number of nitrogens with zero attached hydrogens (tertiary/aromatic N) is 8. The highest BCUT2D eigenvalue weighted by atomic mass is 35.5. The molecule has 624 valence electrons. The monoisotopic (exact) mass is 1650 g/mol. The normalized spacial score (nSPS) is 23.9. The maximum absolute atomic E-state index is 12.3. The molecule has 13 rings (SSSR count). The number of likely N-dealkylation sites (tertiary alicyclic amines) is 2. The number of halogens is 5. The number of Topliss-reactive ketones (excluding diaryl/α,β-unsaturated/α-hetero) is 1. The smallest absolute Gasteiger partial charge is 0.410 e. The van der Waals surface area contributed by atoms with Gasteiger partial charge in [-0.25, -0.2) is 14.7 Å². The lowest BCUT2D eigenvalue weighted by Gasteiger charge is -2.46. The number of nitrogens with one attached hydrogen (secondary N) is 3. The van der Waals surface area contributed by atoms with Crippen LogP contribution in [0.2, 0.25) is 20.1 Å². The first-order valence-electron chi connectivity index (χ1n) is 40.1. The Morgan fingerprint density at radius 1 is 0.518 bits per heavy atom. The van der Waals surface area contributed by atoms with E-state index in [1.807, 2.05) is 95.0 Å². The number of nitrogens with two attached hydrogens (primary N) is 1. The third kappa shape index (κ3) is 33.2. The molecule has 0 aliphatic carbocycles. The second-order valence-corrected chi connectivity index (χ2v) is 34.2. The van der Waals surface area contributed by atoms with Gasteiger partial charge < -0.3 is 64.2 Å². The minimum atomic E-state index is -0.460. The number of piperidine rings is 4. The molecule has 8 fully saturated rings. The molecule has 0 bridgehead atoms. The predicted octanol–water partition coefficient (Wildman–Crippen LogP) is 14.3. The van der Waals surface area contributed by atoms with Gasteiger partial charge in [0.15, 0.2) is 0 Å². The van der Waals surface area contributed by atoms with Gasteiger partial charge in [-0.2, -0.15) is 4.98 Å². The molecular weight excluding hydrogens is 1530 g/mol. The van der Waals surface area contributed by atoms with Crippen LogP contribution in [-0.4, -0.2) is 253 Å². The third-order valence-corrected chi connectivity index (χ3v) is 21.8. The van der Waals surface area contributed by atoms with E-state index < -0.39 is 11.2 Å². The van der Waals surface area contributed by atoms with E-state index >= 15 is 0 Å². The number of benzene rings is 4. The van der Waals surface area contributed by atoms with Gasteiger partial charge in [-0.3, -0.25) is 24.3 Å². The Labute approximate surface area is 692 Å². The molecule has 5 N–H and O–H groups in total. The molecule has 8 aliphatic rings. The van der Waals surface area contributed by atoms with Crippen molar-refractivity contribution in [1.82, 2.24) is 50.3 Å². The maximum Gasteiger partial charge on any atom is 0.410 e. The van der Waals surface area contributed by atoms with Gasteiger partial charge >= 0.3 is 18.2 Å². The van der Waals surface area contributed by atoms with E-state index in [2.05, 4.69) is 126 Å². The second kappa shape index (κ2) is 47.0. The zero-order valence-corrected chi connectivity index (χ0v) is 72.0. The number of ether oxygens (including phenoxy) is 7. The van der Waals surface area contributed by atoms with Crippen LogP contribution in [0.4, 0.5) is 21.5 Å². The number of esters is 1. The number of anilines is 2. The Bertz CT molecular complexity index is 3540. The Morgan fingerprint density at radius 2 is 0.875 bits per heavy atom. The van der Waals surface area contributed by atoms with Crippen molar-refractivity contribution in [1.29, 1.82) is 0 Å². The van der Waals surface area contributed by atoms with E-state index in [0.29, 0.717) is 98.9 Å². The van der Waals surface area contributed by atoms with Crippen LogP contribution in [0.3, 0.4) is 0 Å². The van der Waals surface area contributed by atoms with Crippen LogP contribution >= 0.6 is 58.8 Å². The summed E-state index contributed by atoms with van der Waals surface area (Å²) in [5.41, 5.74) is 9.99. The maximum atomic E-state index is 12.3. The number of morpholine rings is 4. The van der Waals surface area contributed by atoms with Gasteiger partial charge in [0.25, 0.3) is 0 Å². The molecule has 23 nitrogen and oxygen atoms in total. The van der Waals surface area contributed by atoms with Crippen LogP contribution in [0, 0.1) is 0 Å². The van der Waals surface area contributed by atoms with Crippen LogP contribution in [-0.2, 0) is 68.4 Å². The summed E-state index contributed by atoms with van der Waals surface area (Å²) >= 11 is 23.9. The van der Waals surface area contributed by atoms with Crippen molar-refractivity contribution in [3.63, 3.8) is 0 Å². The second-order valence-electron chi connectivity index (χ2n) is 32.4. The summed E-state index contributed by atoms with van der Waals surface area (Å²) in [7, 11) is 0. The number of rotatable bonds is 13. The number of carbonyl (C=O) groups excluding carboxylic acids is 4. The van der Waals surface area contributed by atoms with Crippen LogP contribution in [0.5, 0.6) is 0 Å². The van der Waals surface area contributed by atoms with Gasteiger partial charge in [0.1, 0.15) is 17.0 Å². The lowest BCUT2D eigenvalue weighted by Crippen LogP contribution is -2.57. The van der Waals surface area contributed by atoms with E-state index in [-0.39, 0.29) is 48.6 Å². The van der Waals surface area contributed by atoms with Gasteiger partial charge in [0.05, 0.1) is 57.5 Å². The predicted molar refractivity (Wildman–Crippen MR) is 450 cm³/mol. The fraction of sp³-hybridized carbons (Fsp3) is 0.643. The van der Waals surface area contributed by atoms with Crippen LogP contribution in [0.15, 0.2) is 97.1 Å². The van der Waals surface area contributed by atoms with Crippen molar-refractivity contribution in [2.24, 2.45) is 0 Å². The number of ketones is 1. The molecular formula is C84H127Cl5N12O11. The summed E-state index contributed by atoms with van der Waals surface area (Å²) in [6.45, 7) is 37.2. The lowest BCUT2D eigenvalue weighted by atomic mass is 9.96. The van der Waals surface area contributed by atoms with Crippen LogP contribution < -0.4 is 21.3 Å². The van der Waals surface area contributed by atoms with Gasteiger partial charge in [-0.1, -0.05) is 94.9 Å². The number of H-pyrrole nitrogens is 1. The number of carbonyl (C=O) groups is 4. The molecule has 4 aromatic carbocycles. The molecule has 0 saturated carbocycles. The molecule has 112 heavy (non-hydrogen) atoms. The molecule has 0 radical (unpaired) electrons. The summed E-state index contributed by atoms with van der Waals surface area (Å²) < 4.78 is 38.6. The zero-order valence-electron chi connectivity index (χ0n) is 68.2. The first-order valence-corrected chi connectivity index (χ1v) is 41.6. The van der Waals surface area contributed by atoms with Gasteiger partial charge in [-0.05, 0) is 224 Å². The van der Waals surface area contributed by atoms with Crippen molar-refractivity contribution in [2.75, 3.05) is 122 Å². The number of hydrogen-bond acceptors (Lipinski definition) is 20. The Hall–Kier alpha value is -5.61. The van der Waals surface area contributed by atoms with Gasteiger partial charge in [0, 0.05) is 148 Å². The highest BCUT2D eigenvalue weighted by Gasteiger charge is 2.39. The fourth-order valence-corrected chi connectivity index (χ4v) is 15.5. The number of aromatic nitrogens is 3. The van der Waals surface area contributed by atoms with Gasteiger partial charge in [0.2, 0.25) is 11.9 Å². The van der Waals surface area contributed by atoms with Gasteiger partial charge in [-0.15, -0.1) is 17.5 Å². The van der Waals surface area contributed by atoms with Crippen molar-refractivity contribution >= 4 is 94.6 Å². The average molecular weight is 1660 g/mol. The minimum Gasteiger partial charge on any atom is -0.466 e. The summed E-state index contributed by atoms with van der Waals surface area (Å²) in [6.07, 6.45) is 12.3. The molecule has 9 heterocycles. The van der Waals surface area contributed by atoms with Crippen LogP contribution in [0.25, 0.3) is 0 Å². The van der Waals surface area contributed by atoms with E-state index in [9.17, 15) is 19.2 Å². The molecule has 0 unspecified atom stereocenters. The third-order valence-electron chi connectivity index (χ3n) is 20.7. The molecule has 0 spiro atoms. The summed E-state index contributed by atoms with van der Waals surface area (Å²) in [4.78, 5) is 62.5. The molecule has 8 atom stereocenters. The Kier molecular flexibility index (Phi) is 39.2. The minimum absolute atomic E-state index is 0. The number of aromatic amines is 1. The quantitative estimate of drug-likeness (QED) is 0.0632. The van der Waals surface area contributed by atoms with E-state index in [0.717, 1.165) is 163 Å². The molecule has 8 aliphatic heterocycles. The lowest BCUT2D eigenvalue weighted by molar-refractivity contribution is -0.140. The summed E-state index contributed by atoms with van der Waals surface area (Å²) in [6, 6.07) is 36.0. The number of hydrogen-bond donors (Lipinski definition) is 4. The molecule has 1 aromatic heterocycles. The summed E-state index contributed by atoms with van der Waals surface area (Å²) in [5.74, 6) is 1.10. The van der Waals surface area contributed by atoms with E-state index in [1.165, 1.54) is 42.0 Å². The first-order chi connectivity index (χ1) is 52.9. The highest BCUT2D eigenvalue weighted by Crippen LogP contribution is 2.31. The SMILES string of the molecule is CC(C)(C)OC(=O)N1CCC(=O)CC1.CCOC(C)=O.C[C@H]1CN(C2CCN(C(=O)OC(C)(C)C)CC2)[C@@H](Cc2ccc(Cl)cc2)CO1.C[C@H]1CN(C2CCN(c3n[nH]c(N)n3)CC2)[C@@H](Cc2ccc(Cl)cc2)CO1.C[C@H]1CN(C2CCNCC2)[C@@H](Cc2ccc(Cl)cc2)CO1.C[C@H]1CN[C@@H](Cc2ccc(Cl)cc2)CO1.Cl. The van der Waals surface area contributed by atoms with Crippen molar-refractivity contribution < 1.29 is 52.3 Å². The van der Waals surface area contributed by atoms with E-state index in [4.69, 9.17) is 80.6 Å². The molecule has 2 amide bonds. The standard InChI is InChI=1S/C22H33ClN2O3.C19H27ClN6O.C17H25ClN2O.C12H16ClNO.C10H17NO3.C4H8O2.ClH/c1-16-14-25(20(15-27-16)13-17-5-7-18(23)8-6-17)19-9-11-24(12-10-19)21(26)28-22(2,3)4;1-13-11-26(17(12-27-13)10-14-2-4-15(20)5-3-14)16-6-8-25(9-7-16)19-22-18(21)23-24-19;1-13-11-20(16-6-8-19-9-7-16)17(12-21-13)10-14-2-4-15(18)5-3-14;1-9-7-14-12(8-15-9)6-10-2-4-11(13)5-3-10;1-10(2,3)14-9(13)11-6-4-8(12)5-7-11;1-3-6-4(2)5;/h5-8,16,19-20H,9-15H2,1-4H3;2-5,13,16-17H,6-12H2,1H3,(H3,21,22,23,24);2-5,13,16-17,19H,6-12H2,1H3;2-5,9,12,14H,6-8H2,1H3;4-7H2,1-3H3;3H2,1-2H3;1H/t16-,20-;2*13-,17-;9-,12-;;;/m0000.../s1. The largest absolute Gasteiger partial charge is 0.466 e. The number of amides is 2. The highest BCUT2D eigenvalue weighted by molar-refractivity contribution is 6.31. The summed E-state index contributed by atoms with van der Waals surface area (Å²) in [5, 5.41) is 17.0. The van der Waals surface area contributed by atoms with Crippen molar-refractivity contribution in [3.05, 3.63) is 139 Å². The van der Waals surface area contributed by atoms with Crippen molar-refractivity contribution in [2.45, 2.75) is 238 Å². The van der Waals surface area contributed by atoms with Crippen LogP contribution in [0.1, 0.15) is 157 Å². The number of nitrogen functional groups attached to an aromatic ring is 1. The van der Waals surface area contributed by atoms with E-state index in [1.54, 1.807) is 11.8 Å². The Balaban J connectivity index is 0.000000194. The Morgan fingerprint density at radius 3 is 1.21 bits per heavy atom. The topological polar surface area (TPSA) is 244 Å². The zero-order chi connectivity index (χ0) is 80.2. The molecule has 8 saturated heterocycles. The average Bonchev–Trinajstić information content (AvgIpc) is 1.16. The molecule has 28 heteroatoms.